The second kappa shape index (κ2) is 5.83. The zero-order valence-electron chi connectivity index (χ0n) is 11.3. The quantitative estimate of drug-likeness (QED) is 0.852. The summed E-state index contributed by atoms with van der Waals surface area (Å²) < 4.78 is 22.7. The summed E-state index contributed by atoms with van der Waals surface area (Å²) in [5.41, 5.74) is 0.891. The Kier molecular flexibility index (Phi) is 4.36. The molecule has 0 bridgehead atoms. The van der Waals surface area contributed by atoms with Crippen LogP contribution < -0.4 is 10.2 Å². The molecule has 19 heavy (non-hydrogen) atoms. The Morgan fingerprint density at radius 2 is 1.95 bits per heavy atom. The summed E-state index contributed by atoms with van der Waals surface area (Å²) in [6.45, 7) is 5.85. The maximum Gasteiger partial charge on any atom is 0.153 e. The number of hydrogen-bond donors (Lipinski definition) is 1. The standard InChI is InChI=1S/C12H20N4O2S/c1-10(2)13-9-11-3-4-12(15-14-11)16-5-7-19(17,18)8-6-16/h3-4,10,13H,5-9H2,1-2H3. The first kappa shape index (κ1) is 14.2. The fraction of sp³-hybridized carbons (Fsp3) is 0.667. The molecule has 2 rings (SSSR count). The molecule has 1 saturated heterocycles. The molecule has 0 amide bonds. The fourth-order valence-corrected chi connectivity index (χ4v) is 3.07. The van der Waals surface area contributed by atoms with Gasteiger partial charge in [0.1, 0.15) is 0 Å². The molecule has 0 saturated carbocycles. The van der Waals surface area contributed by atoms with Crippen molar-refractivity contribution < 1.29 is 8.42 Å². The Hall–Kier alpha value is -1.21. The van der Waals surface area contributed by atoms with Crippen LogP contribution in [0.2, 0.25) is 0 Å². The Balaban J connectivity index is 1.95. The molecule has 1 aromatic heterocycles. The highest BCUT2D eigenvalue weighted by Crippen LogP contribution is 2.13. The van der Waals surface area contributed by atoms with E-state index in [1.54, 1.807) is 0 Å². The van der Waals surface area contributed by atoms with Crippen LogP contribution in [0.25, 0.3) is 0 Å². The van der Waals surface area contributed by atoms with E-state index in [2.05, 4.69) is 29.4 Å². The number of aromatic nitrogens is 2. The Bertz CT molecular complexity index is 499. The number of nitrogens with one attached hydrogen (secondary N) is 1. The number of anilines is 1. The predicted octanol–water partition coefficient (Wildman–Crippen LogP) is 0.209. The highest BCUT2D eigenvalue weighted by molar-refractivity contribution is 7.91. The summed E-state index contributed by atoms with van der Waals surface area (Å²) in [6, 6.07) is 4.25. The van der Waals surface area contributed by atoms with Crippen molar-refractivity contribution in [3.8, 4) is 0 Å². The molecule has 1 N–H and O–H groups in total. The molecule has 0 unspecified atom stereocenters. The highest BCUT2D eigenvalue weighted by atomic mass is 32.2. The summed E-state index contributed by atoms with van der Waals surface area (Å²) in [4.78, 5) is 1.97. The summed E-state index contributed by atoms with van der Waals surface area (Å²) in [5, 5.41) is 11.6. The van der Waals surface area contributed by atoms with Crippen LogP contribution >= 0.6 is 0 Å². The molecule has 106 valence electrons. The summed E-state index contributed by atoms with van der Waals surface area (Å²) in [7, 11) is -2.85. The van der Waals surface area contributed by atoms with Crippen LogP contribution in [0, 0.1) is 0 Å². The van der Waals surface area contributed by atoms with Crippen molar-refractivity contribution in [2.24, 2.45) is 0 Å². The van der Waals surface area contributed by atoms with Gasteiger partial charge >= 0.3 is 0 Å². The number of hydrogen-bond acceptors (Lipinski definition) is 6. The SMILES string of the molecule is CC(C)NCc1ccc(N2CCS(=O)(=O)CC2)nn1. The molecule has 2 heterocycles. The third-order valence-electron chi connectivity index (χ3n) is 3.07. The van der Waals surface area contributed by atoms with Crippen molar-refractivity contribution in [2.45, 2.75) is 26.4 Å². The fourth-order valence-electron chi connectivity index (χ4n) is 1.87. The molecule has 1 aliphatic rings. The lowest BCUT2D eigenvalue weighted by molar-refractivity contribution is 0.576. The lowest BCUT2D eigenvalue weighted by Gasteiger charge is -2.27. The van der Waals surface area contributed by atoms with E-state index in [0.717, 1.165) is 11.5 Å². The van der Waals surface area contributed by atoms with Crippen molar-refractivity contribution in [1.29, 1.82) is 0 Å². The van der Waals surface area contributed by atoms with Gasteiger partial charge in [-0.2, -0.15) is 5.10 Å². The van der Waals surface area contributed by atoms with E-state index in [1.807, 2.05) is 17.0 Å². The van der Waals surface area contributed by atoms with Gasteiger partial charge in [0.05, 0.1) is 17.2 Å². The average molecular weight is 284 g/mol. The van der Waals surface area contributed by atoms with Crippen LogP contribution in [0.1, 0.15) is 19.5 Å². The van der Waals surface area contributed by atoms with Gasteiger partial charge in [0.25, 0.3) is 0 Å². The van der Waals surface area contributed by atoms with Gasteiger partial charge in [-0.25, -0.2) is 8.42 Å². The molecule has 0 spiro atoms. The van der Waals surface area contributed by atoms with E-state index < -0.39 is 9.84 Å². The molecular formula is C12H20N4O2S. The maximum atomic E-state index is 11.4. The molecule has 1 aliphatic heterocycles. The van der Waals surface area contributed by atoms with E-state index in [9.17, 15) is 8.42 Å². The molecule has 6 nitrogen and oxygen atoms in total. The monoisotopic (exact) mass is 284 g/mol. The summed E-state index contributed by atoms with van der Waals surface area (Å²) in [5.74, 6) is 1.15. The molecule has 7 heteroatoms. The van der Waals surface area contributed by atoms with Crippen molar-refractivity contribution in [2.75, 3.05) is 29.5 Å². The molecular weight excluding hydrogens is 264 g/mol. The van der Waals surface area contributed by atoms with Crippen LogP contribution in [0.4, 0.5) is 5.82 Å². The first-order valence-corrected chi connectivity index (χ1v) is 8.30. The van der Waals surface area contributed by atoms with Gasteiger partial charge in [0.15, 0.2) is 15.7 Å². The maximum absolute atomic E-state index is 11.4. The third-order valence-corrected chi connectivity index (χ3v) is 4.67. The largest absolute Gasteiger partial charge is 0.353 e. The molecule has 1 fully saturated rings. The van der Waals surface area contributed by atoms with Gasteiger partial charge in [0.2, 0.25) is 0 Å². The van der Waals surface area contributed by atoms with Gasteiger partial charge in [-0.3, -0.25) is 0 Å². The minimum atomic E-state index is -2.85. The van der Waals surface area contributed by atoms with E-state index in [4.69, 9.17) is 0 Å². The van der Waals surface area contributed by atoms with Crippen molar-refractivity contribution >= 4 is 15.7 Å². The normalized spacial score (nSPS) is 18.8. The third kappa shape index (κ3) is 4.14. The van der Waals surface area contributed by atoms with Crippen molar-refractivity contribution in [3.63, 3.8) is 0 Å². The summed E-state index contributed by atoms with van der Waals surface area (Å²) >= 11 is 0. The van der Waals surface area contributed by atoms with Crippen LogP contribution in [0.3, 0.4) is 0 Å². The van der Waals surface area contributed by atoms with Gasteiger partial charge in [-0.1, -0.05) is 13.8 Å². The smallest absolute Gasteiger partial charge is 0.153 e. The van der Waals surface area contributed by atoms with Crippen molar-refractivity contribution in [3.05, 3.63) is 17.8 Å². The first-order valence-electron chi connectivity index (χ1n) is 6.48. The zero-order chi connectivity index (χ0) is 13.9. The molecule has 0 aliphatic carbocycles. The van der Waals surface area contributed by atoms with E-state index >= 15 is 0 Å². The Morgan fingerprint density at radius 1 is 1.26 bits per heavy atom. The lowest BCUT2D eigenvalue weighted by atomic mass is 10.3. The Labute approximate surface area is 114 Å². The number of nitrogens with zero attached hydrogens (tertiary/aromatic N) is 3. The van der Waals surface area contributed by atoms with E-state index in [1.165, 1.54) is 0 Å². The van der Waals surface area contributed by atoms with E-state index in [0.29, 0.717) is 25.7 Å². The molecule has 1 aromatic rings. The van der Waals surface area contributed by atoms with Crippen LogP contribution in [-0.2, 0) is 16.4 Å². The second-order valence-corrected chi connectivity index (χ2v) is 7.36. The number of sulfone groups is 1. The highest BCUT2D eigenvalue weighted by Gasteiger charge is 2.22. The molecule has 0 aromatic carbocycles. The second-order valence-electron chi connectivity index (χ2n) is 5.06. The zero-order valence-corrected chi connectivity index (χ0v) is 12.2. The topological polar surface area (TPSA) is 75.2 Å². The van der Waals surface area contributed by atoms with Gasteiger partial charge < -0.3 is 10.2 Å². The van der Waals surface area contributed by atoms with E-state index in [-0.39, 0.29) is 11.5 Å². The number of rotatable bonds is 4. The minimum absolute atomic E-state index is 0.200. The van der Waals surface area contributed by atoms with Gasteiger partial charge in [0, 0.05) is 25.7 Å². The van der Waals surface area contributed by atoms with Gasteiger partial charge in [-0.05, 0) is 12.1 Å². The van der Waals surface area contributed by atoms with Crippen LogP contribution in [0.15, 0.2) is 12.1 Å². The van der Waals surface area contributed by atoms with Crippen LogP contribution in [-0.4, -0.2) is 49.3 Å². The molecule has 0 radical (unpaired) electrons. The predicted molar refractivity (Wildman–Crippen MR) is 74.9 cm³/mol. The van der Waals surface area contributed by atoms with Gasteiger partial charge in [-0.15, -0.1) is 5.10 Å². The average Bonchev–Trinajstić information content (AvgIpc) is 2.37. The first-order chi connectivity index (χ1) is 8.96. The van der Waals surface area contributed by atoms with Crippen LogP contribution in [0.5, 0.6) is 0 Å². The Morgan fingerprint density at radius 3 is 2.47 bits per heavy atom. The lowest BCUT2D eigenvalue weighted by Crippen LogP contribution is -2.40. The molecule has 0 atom stereocenters. The summed E-state index contributed by atoms with van der Waals surface area (Å²) in [6.07, 6.45) is 0. The van der Waals surface area contributed by atoms with Crippen molar-refractivity contribution in [1.82, 2.24) is 15.5 Å². The minimum Gasteiger partial charge on any atom is -0.353 e.